The molecule has 2 aromatic rings. The molecule has 1 N–H and O–H groups in total. The first-order chi connectivity index (χ1) is 10.7. The second kappa shape index (κ2) is 7.05. The van der Waals surface area contributed by atoms with Crippen LogP contribution in [0.2, 0.25) is 0 Å². The monoisotopic (exact) mass is 314 g/mol. The number of hydrogen-bond acceptors (Lipinski definition) is 3. The standard InChI is InChI=1S/C18H22N2OS/c1-13-16(12-17(21)20-15-10-6-3-7-11-15)22-18(19-13)14-8-4-2-5-9-14/h2,4-5,8-9,15H,3,6-7,10-12H2,1H3,(H,20,21). The van der Waals surface area contributed by atoms with Gasteiger partial charge in [-0.2, -0.15) is 0 Å². The van der Waals surface area contributed by atoms with Crippen LogP contribution in [0.3, 0.4) is 0 Å². The minimum Gasteiger partial charge on any atom is -0.353 e. The molecule has 1 amide bonds. The van der Waals surface area contributed by atoms with Crippen molar-refractivity contribution in [3.8, 4) is 10.6 Å². The van der Waals surface area contributed by atoms with Gasteiger partial charge in [-0.1, -0.05) is 49.6 Å². The zero-order chi connectivity index (χ0) is 15.4. The molecular formula is C18H22N2OS. The van der Waals surface area contributed by atoms with E-state index in [1.165, 1.54) is 19.3 Å². The predicted octanol–water partition coefficient (Wildman–Crippen LogP) is 4.11. The molecule has 0 atom stereocenters. The highest BCUT2D eigenvalue weighted by Gasteiger charge is 2.18. The molecule has 1 aromatic heterocycles. The number of carbonyl (C=O) groups excluding carboxylic acids is 1. The maximum atomic E-state index is 12.2. The van der Waals surface area contributed by atoms with Crippen LogP contribution in [0, 0.1) is 6.92 Å². The number of aryl methyl sites for hydroxylation is 1. The van der Waals surface area contributed by atoms with E-state index in [0.29, 0.717) is 12.5 Å². The van der Waals surface area contributed by atoms with Crippen molar-refractivity contribution in [2.45, 2.75) is 51.5 Å². The molecule has 3 nitrogen and oxygen atoms in total. The Morgan fingerprint density at radius 1 is 1.23 bits per heavy atom. The molecule has 0 saturated heterocycles. The molecule has 0 unspecified atom stereocenters. The van der Waals surface area contributed by atoms with Crippen LogP contribution >= 0.6 is 11.3 Å². The lowest BCUT2D eigenvalue weighted by Crippen LogP contribution is -2.37. The van der Waals surface area contributed by atoms with Crippen LogP contribution in [0.5, 0.6) is 0 Å². The summed E-state index contributed by atoms with van der Waals surface area (Å²) in [7, 11) is 0. The van der Waals surface area contributed by atoms with Gasteiger partial charge in [-0.15, -0.1) is 11.3 Å². The Morgan fingerprint density at radius 3 is 2.68 bits per heavy atom. The normalized spacial score (nSPS) is 15.7. The van der Waals surface area contributed by atoms with Gasteiger partial charge in [-0.05, 0) is 19.8 Å². The van der Waals surface area contributed by atoms with E-state index in [-0.39, 0.29) is 5.91 Å². The Bertz CT molecular complexity index is 630. The Labute approximate surface area is 135 Å². The van der Waals surface area contributed by atoms with E-state index >= 15 is 0 Å². The number of nitrogens with zero attached hydrogens (tertiary/aromatic N) is 1. The van der Waals surface area contributed by atoms with Crippen molar-refractivity contribution in [3.05, 3.63) is 40.9 Å². The number of benzene rings is 1. The molecule has 116 valence electrons. The van der Waals surface area contributed by atoms with Crippen molar-refractivity contribution < 1.29 is 4.79 Å². The molecule has 4 heteroatoms. The Kier molecular flexibility index (Phi) is 4.88. The highest BCUT2D eigenvalue weighted by molar-refractivity contribution is 7.15. The molecule has 0 bridgehead atoms. The number of carbonyl (C=O) groups is 1. The Hall–Kier alpha value is -1.68. The first-order valence-corrected chi connectivity index (χ1v) is 8.85. The molecular weight excluding hydrogens is 292 g/mol. The smallest absolute Gasteiger partial charge is 0.225 e. The maximum Gasteiger partial charge on any atom is 0.225 e. The lowest BCUT2D eigenvalue weighted by atomic mass is 9.95. The van der Waals surface area contributed by atoms with Crippen LogP contribution in [0.25, 0.3) is 10.6 Å². The lowest BCUT2D eigenvalue weighted by molar-refractivity contribution is -0.121. The molecule has 0 spiro atoms. The average Bonchev–Trinajstić information content (AvgIpc) is 2.90. The number of amides is 1. The van der Waals surface area contributed by atoms with Crippen LogP contribution in [0.15, 0.2) is 30.3 Å². The second-order valence-corrected chi connectivity index (χ2v) is 7.06. The van der Waals surface area contributed by atoms with E-state index in [1.807, 2.05) is 25.1 Å². The van der Waals surface area contributed by atoms with Gasteiger partial charge in [-0.25, -0.2) is 4.98 Å². The van der Waals surface area contributed by atoms with Gasteiger partial charge in [0.15, 0.2) is 0 Å². The number of thiazole rings is 1. The van der Waals surface area contributed by atoms with E-state index in [9.17, 15) is 4.79 Å². The zero-order valence-electron chi connectivity index (χ0n) is 13.0. The summed E-state index contributed by atoms with van der Waals surface area (Å²) in [6.07, 6.45) is 6.49. The van der Waals surface area contributed by atoms with Gasteiger partial charge in [0.2, 0.25) is 5.91 Å². The van der Waals surface area contributed by atoms with E-state index < -0.39 is 0 Å². The van der Waals surface area contributed by atoms with Crippen molar-refractivity contribution in [3.63, 3.8) is 0 Å². The first kappa shape index (κ1) is 15.2. The largest absolute Gasteiger partial charge is 0.353 e. The van der Waals surface area contributed by atoms with Crippen LogP contribution in [0.1, 0.15) is 42.7 Å². The number of nitrogens with one attached hydrogen (secondary N) is 1. The van der Waals surface area contributed by atoms with E-state index in [4.69, 9.17) is 0 Å². The van der Waals surface area contributed by atoms with Gasteiger partial charge in [0, 0.05) is 16.5 Å². The second-order valence-electron chi connectivity index (χ2n) is 5.97. The minimum absolute atomic E-state index is 0.137. The van der Waals surface area contributed by atoms with Gasteiger partial charge in [0.1, 0.15) is 5.01 Å². The molecule has 1 aliphatic carbocycles. The van der Waals surface area contributed by atoms with Gasteiger partial charge < -0.3 is 5.32 Å². The number of aromatic nitrogens is 1. The van der Waals surface area contributed by atoms with E-state index in [0.717, 1.165) is 34.0 Å². The third-order valence-electron chi connectivity index (χ3n) is 4.20. The van der Waals surface area contributed by atoms with Crippen molar-refractivity contribution >= 4 is 17.2 Å². The molecule has 1 saturated carbocycles. The fourth-order valence-corrected chi connectivity index (χ4v) is 4.03. The molecule has 3 rings (SSSR count). The van der Waals surface area contributed by atoms with E-state index in [1.54, 1.807) is 11.3 Å². The first-order valence-electron chi connectivity index (χ1n) is 8.03. The molecule has 0 radical (unpaired) electrons. The maximum absolute atomic E-state index is 12.2. The molecule has 0 aliphatic heterocycles. The molecule has 1 fully saturated rings. The highest BCUT2D eigenvalue weighted by Crippen LogP contribution is 2.28. The molecule has 1 aromatic carbocycles. The third-order valence-corrected chi connectivity index (χ3v) is 5.41. The Balaban J connectivity index is 1.65. The van der Waals surface area contributed by atoms with Gasteiger partial charge >= 0.3 is 0 Å². The lowest BCUT2D eigenvalue weighted by Gasteiger charge is -2.22. The summed E-state index contributed by atoms with van der Waals surface area (Å²) in [6.45, 7) is 1.99. The fraction of sp³-hybridized carbons (Fsp3) is 0.444. The summed E-state index contributed by atoms with van der Waals surface area (Å²) in [5, 5.41) is 4.18. The highest BCUT2D eigenvalue weighted by atomic mass is 32.1. The van der Waals surface area contributed by atoms with Gasteiger partial charge in [0.05, 0.1) is 12.1 Å². The van der Waals surface area contributed by atoms with Crippen LogP contribution < -0.4 is 5.32 Å². The molecule has 22 heavy (non-hydrogen) atoms. The summed E-state index contributed by atoms with van der Waals surface area (Å²) in [5.41, 5.74) is 2.09. The summed E-state index contributed by atoms with van der Waals surface area (Å²) in [5.74, 6) is 0.137. The van der Waals surface area contributed by atoms with Crippen molar-refractivity contribution in [1.29, 1.82) is 0 Å². The fourth-order valence-electron chi connectivity index (χ4n) is 2.97. The van der Waals surface area contributed by atoms with Crippen molar-refractivity contribution in [2.24, 2.45) is 0 Å². The van der Waals surface area contributed by atoms with Gasteiger partial charge in [0.25, 0.3) is 0 Å². The zero-order valence-corrected chi connectivity index (χ0v) is 13.8. The summed E-state index contributed by atoms with van der Waals surface area (Å²) < 4.78 is 0. The SMILES string of the molecule is Cc1nc(-c2ccccc2)sc1CC(=O)NC1CCCCC1. The summed E-state index contributed by atoms with van der Waals surface area (Å²) >= 11 is 1.63. The van der Waals surface area contributed by atoms with Crippen molar-refractivity contribution in [1.82, 2.24) is 10.3 Å². The number of hydrogen-bond donors (Lipinski definition) is 1. The number of rotatable bonds is 4. The van der Waals surface area contributed by atoms with Crippen molar-refractivity contribution in [2.75, 3.05) is 0 Å². The topological polar surface area (TPSA) is 42.0 Å². The van der Waals surface area contributed by atoms with E-state index in [2.05, 4.69) is 22.4 Å². The Morgan fingerprint density at radius 2 is 1.95 bits per heavy atom. The average molecular weight is 314 g/mol. The molecule has 1 aliphatic rings. The quantitative estimate of drug-likeness (QED) is 0.922. The summed E-state index contributed by atoms with van der Waals surface area (Å²) in [4.78, 5) is 17.9. The summed E-state index contributed by atoms with van der Waals surface area (Å²) in [6, 6.07) is 10.5. The third kappa shape index (κ3) is 3.74. The predicted molar refractivity (Wildman–Crippen MR) is 91.0 cm³/mol. The van der Waals surface area contributed by atoms with Gasteiger partial charge in [-0.3, -0.25) is 4.79 Å². The van der Waals surface area contributed by atoms with Crippen LogP contribution in [-0.4, -0.2) is 16.9 Å². The van der Waals surface area contributed by atoms with Crippen LogP contribution in [-0.2, 0) is 11.2 Å². The minimum atomic E-state index is 0.137. The van der Waals surface area contributed by atoms with Crippen LogP contribution in [0.4, 0.5) is 0 Å². The molecule has 1 heterocycles.